The van der Waals surface area contributed by atoms with Crippen LogP contribution in [0.5, 0.6) is 5.75 Å². The van der Waals surface area contributed by atoms with Crippen molar-refractivity contribution in [2.24, 2.45) is 0 Å². The fourth-order valence-corrected chi connectivity index (χ4v) is 4.76. The molecule has 1 aliphatic carbocycles. The first-order valence-electron chi connectivity index (χ1n) is 13.2. The second-order valence-electron chi connectivity index (χ2n) is 10.5. The summed E-state index contributed by atoms with van der Waals surface area (Å²) in [5, 5.41) is 17.4. The zero-order valence-corrected chi connectivity index (χ0v) is 22.8. The summed E-state index contributed by atoms with van der Waals surface area (Å²) in [6, 6.07) is 12.8. The van der Waals surface area contributed by atoms with E-state index in [1.54, 1.807) is 22.8 Å². The number of nitrogens with zero attached hydrogens (tertiary/aromatic N) is 2. The fourth-order valence-electron chi connectivity index (χ4n) is 4.76. The van der Waals surface area contributed by atoms with E-state index >= 15 is 0 Å². The van der Waals surface area contributed by atoms with Gasteiger partial charge in [0.25, 0.3) is 5.91 Å². The molecule has 0 unspecified atom stereocenters. The number of fused-ring (bicyclic) bond motifs is 1. The molecule has 1 atom stereocenters. The Labute approximate surface area is 234 Å². The molecule has 1 amide bonds. The van der Waals surface area contributed by atoms with E-state index in [-0.39, 0.29) is 28.9 Å². The number of aliphatic hydroxyl groups is 1. The monoisotopic (exact) mass is 570 g/mol. The molecular weight excluding hydrogens is 540 g/mol. The first kappa shape index (κ1) is 28.4. The normalized spacial score (nSPS) is 15.0. The van der Waals surface area contributed by atoms with Crippen LogP contribution in [0.3, 0.4) is 0 Å². The van der Waals surface area contributed by atoms with Crippen molar-refractivity contribution in [1.82, 2.24) is 14.9 Å². The molecule has 1 aromatic heterocycles. The number of benzene rings is 3. The number of alkyl halides is 3. The van der Waals surface area contributed by atoms with Gasteiger partial charge in [-0.15, -0.1) is 0 Å². The van der Waals surface area contributed by atoms with E-state index in [2.05, 4.69) is 15.6 Å². The van der Waals surface area contributed by atoms with Gasteiger partial charge in [0.1, 0.15) is 17.4 Å². The van der Waals surface area contributed by atoms with Crippen molar-refractivity contribution in [2.75, 3.05) is 19.0 Å². The molecule has 0 radical (unpaired) electrons. The van der Waals surface area contributed by atoms with Gasteiger partial charge in [0.05, 0.1) is 24.7 Å². The molecule has 1 aliphatic rings. The molecule has 0 saturated heterocycles. The molecule has 3 aromatic carbocycles. The minimum atomic E-state index is -4.36. The van der Waals surface area contributed by atoms with Crippen molar-refractivity contribution < 1.29 is 32.2 Å². The van der Waals surface area contributed by atoms with Gasteiger partial charge in [-0.3, -0.25) is 9.36 Å². The number of aryl methyl sites for hydroxylation is 1. The van der Waals surface area contributed by atoms with Crippen molar-refractivity contribution in [3.05, 3.63) is 82.9 Å². The summed E-state index contributed by atoms with van der Waals surface area (Å²) in [5.41, 5.74) is 1.94. The Morgan fingerprint density at radius 1 is 1.12 bits per heavy atom. The van der Waals surface area contributed by atoms with E-state index in [9.17, 15) is 27.5 Å². The van der Waals surface area contributed by atoms with Gasteiger partial charge < -0.3 is 20.5 Å². The third-order valence-corrected chi connectivity index (χ3v) is 7.30. The van der Waals surface area contributed by atoms with E-state index in [1.165, 1.54) is 38.6 Å². The number of aromatic nitrogens is 2. The van der Waals surface area contributed by atoms with E-state index < -0.39 is 30.6 Å². The van der Waals surface area contributed by atoms with Crippen molar-refractivity contribution in [1.29, 1.82) is 0 Å². The average molecular weight is 571 g/mol. The molecular formula is C30H30F4N4O3. The highest BCUT2D eigenvalue weighted by molar-refractivity contribution is 5.96. The van der Waals surface area contributed by atoms with Gasteiger partial charge >= 0.3 is 6.18 Å². The van der Waals surface area contributed by atoms with Gasteiger partial charge in [0.15, 0.2) is 11.6 Å². The molecule has 41 heavy (non-hydrogen) atoms. The maximum atomic E-state index is 14.5. The number of halogens is 4. The number of ether oxygens (including phenoxy) is 1. The molecule has 7 nitrogen and oxygen atoms in total. The maximum absolute atomic E-state index is 14.5. The van der Waals surface area contributed by atoms with Crippen LogP contribution in [-0.2, 0) is 5.60 Å². The molecule has 3 N–H and O–H groups in total. The summed E-state index contributed by atoms with van der Waals surface area (Å²) in [6.07, 6.45) is -1.95. The molecule has 0 aliphatic heterocycles. The topological polar surface area (TPSA) is 88.4 Å². The molecule has 5 rings (SSSR count). The highest BCUT2D eigenvalue weighted by atomic mass is 19.4. The maximum Gasteiger partial charge on any atom is 0.390 e. The SMILES string of the molecule is COc1ccc([C@@](C)(O)c2cc(NCCC(F)(F)F)c3ncn(-c4ccc(C(=O)NC5CC5)c(C)c4)c3c2)cc1F. The van der Waals surface area contributed by atoms with Crippen LogP contribution in [0.15, 0.2) is 54.9 Å². The highest BCUT2D eigenvalue weighted by Crippen LogP contribution is 2.37. The number of hydrogen-bond acceptors (Lipinski definition) is 5. The van der Waals surface area contributed by atoms with Crippen LogP contribution in [0, 0.1) is 12.7 Å². The standard InChI is InChI=1S/C30H30F4N4O3/c1-17-12-21(7-8-22(17)28(39)37-20-5-6-20)38-16-36-27-24(35-11-10-30(32,33)34)14-19(15-25(27)38)29(2,40)18-4-9-26(41-3)23(31)13-18/h4,7-9,12-16,20,35,40H,5-6,10-11H2,1-3H3,(H,37,39)/t29-/m1/s1. The third kappa shape index (κ3) is 6.00. The smallest absolute Gasteiger partial charge is 0.390 e. The summed E-state index contributed by atoms with van der Waals surface area (Å²) < 4.78 is 60.0. The molecule has 1 heterocycles. The molecule has 0 spiro atoms. The van der Waals surface area contributed by atoms with Gasteiger partial charge in [0.2, 0.25) is 0 Å². The Bertz CT molecular complexity index is 1610. The lowest BCUT2D eigenvalue weighted by Crippen LogP contribution is -2.26. The number of hydrogen-bond donors (Lipinski definition) is 3. The Hall–Kier alpha value is -4.12. The fraction of sp³-hybridized carbons (Fsp3) is 0.333. The van der Waals surface area contributed by atoms with Crippen LogP contribution in [0.4, 0.5) is 23.2 Å². The van der Waals surface area contributed by atoms with Crippen LogP contribution >= 0.6 is 0 Å². The number of carbonyl (C=O) groups excluding carboxylic acids is 1. The molecule has 216 valence electrons. The second kappa shape index (κ2) is 10.7. The van der Waals surface area contributed by atoms with Gasteiger partial charge in [-0.2, -0.15) is 13.2 Å². The molecule has 4 aromatic rings. The van der Waals surface area contributed by atoms with E-state index in [1.807, 2.05) is 13.0 Å². The van der Waals surface area contributed by atoms with Crippen LogP contribution in [0.25, 0.3) is 16.7 Å². The minimum absolute atomic E-state index is 0.0113. The van der Waals surface area contributed by atoms with Crippen molar-refractivity contribution in [3.8, 4) is 11.4 Å². The molecule has 0 bridgehead atoms. The summed E-state index contributed by atoms with van der Waals surface area (Å²) in [6.45, 7) is 2.90. The number of anilines is 1. The average Bonchev–Trinajstić information content (AvgIpc) is 3.62. The lowest BCUT2D eigenvalue weighted by molar-refractivity contribution is -0.131. The third-order valence-electron chi connectivity index (χ3n) is 7.30. The summed E-state index contributed by atoms with van der Waals surface area (Å²) in [5.74, 6) is -0.799. The zero-order chi connectivity index (χ0) is 29.5. The number of nitrogens with one attached hydrogen (secondary N) is 2. The van der Waals surface area contributed by atoms with Crippen molar-refractivity contribution >= 4 is 22.6 Å². The number of rotatable bonds is 9. The van der Waals surface area contributed by atoms with Crippen molar-refractivity contribution in [2.45, 2.75) is 50.9 Å². The van der Waals surface area contributed by atoms with Gasteiger partial charge in [0, 0.05) is 23.8 Å². The number of carbonyl (C=O) groups is 1. The first-order valence-corrected chi connectivity index (χ1v) is 13.2. The molecule has 11 heteroatoms. The Morgan fingerprint density at radius 3 is 2.51 bits per heavy atom. The van der Waals surface area contributed by atoms with E-state index in [0.29, 0.717) is 27.8 Å². The van der Waals surface area contributed by atoms with E-state index in [4.69, 9.17) is 4.74 Å². The van der Waals surface area contributed by atoms with Gasteiger partial charge in [-0.05, 0) is 85.8 Å². The van der Waals surface area contributed by atoms with Crippen LogP contribution < -0.4 is 15.4 Å². The molecule has 1 fully saturated rings. The lowest BCUT2D eigenvalue weighted by Gasteiger charge is -2.26. The highest BCUT2D eigenvalue weighted by Gasteiger charge is 2.30. The zero-order valence-electron chi connectivity index (χ0n) is 22.8. The van der Waals surface area contributed by atoms with E-state index in [0.717, 1.165) is 24.5 Å². The Morgan fingerprint density at radius 2 is 1.88 bits per heavy atom. The van der Waals surface area contributed by atoms with Crippen LogP contribution in [0.1, 0.15) is 53.2 Å². The summed E-state index contributed by atoms with van der Waals surface area (Å²) >= 11 is 0. The summed E-state index contributed by atoms with van der Waals surface area (Å²) in [7, 11) is 1.33. The molecule has 1 saturated carbocycles. The Balaban J connectivity index is 1.58. The van der Waals surface area contributed by atoms with Gasteiger partial charge in [-0.1, -0.05) is 6.07 Å². The lowest BCUT2D eigenvalue weighted by atomic mass is 9.87. The minimum Gasteiger partial charge on any atom is -0.494 e. The van der Waals surface area contributed by atoms with Gasteiger partial charge in [-0.25, -0.2) is 9.37 Å². The largest absolute Gasteiger partial charge is 0.494 e. The summed E-state index contributed by atoms with van der Waals surface area (Å²) in [4.78, 5) is 17.1. The second-order valence-corrected chi connectivity index (χ2v) is 10.5. The number of amides is 1. The predicted molar refractivity (Wildman–Crippen MR) is 147 cm³/mol. The first-order chi connectivity index (χ1) is 19.4. The van der Waals surface area contributed by atoms with Crippen LogP contribution in [-0.4, -0.2) is 46.4 Å². The Kier molecular flexibility index (Phi) is 7.41. The predicted octanol–water partition coefficient (Wildman–Crippen LogP) is 5.99. The quantitative estimate of drug-likeness (QED) is 0.215. The number of imidazole rings is 1. The van der Waals surface area contributed by atoms with Crippen molar-refractivity contribution in [3.63, 3.8) is 0 Å². The number of methoxy groups -OCH3 is 1. The van der Waals surface area contributed by atoms with Crippen LogP contribution in [0.2, 0.25) is 0 Å².